The van der Waals surface area contributed by atoms with Crippen molar-refractivity contribution in [2.24, 2.45) is 17.8 Å². The summed E-state index contributed by atoms with van der Waals surface area (Å²) in [4.78, 5) is 19.0. The van der Waals surface area contributed by atoms with Gasteiger partial charge in [0.05, 0.1) is 19.4 Å². The number of nitrogens with zero attached hydrogens (tertiary/aromatic N) is 3. The van der Waals surface area contributed by atoms with Crippen LogP contribution in [0.1, 0.15) is 48.9 Å². The predicted molar refractivity (Wildman–Crippen MR) is 161 cm³/mol. The second-order valence-electron chi connectivity index (χ2n) is 12.3. The summed E-state index contributed by atoms with van der Waals surface area (Å²) in [5.41, 5.74) is 2.92. The number of hydrogen-bond donors (Lipinski definition) is 1. The molecule has 4 bridgehead atoms. The van der Waals surface area contributed by atoms with E-state index >= 15 is 0 Å². The first kappa shape index (κ1) is 27.3. The molecule has 41 heavy (non-hydrogen) atoms. The molecule has 5 fully saturated rings. The van der Waals surface area contributed by atoms with Gasteiger partial charge in [-0.25, -0.2) is 5.10 Å². The zero-order valence-electron chi connectivity index (χ0n) is 23.2. The fraction of sp³-hybridized carbons (Fsp3) is 0.500. The molecule has 8 rings (SSSR count). The number of H-pyrrole nitrogens is 1. The Labute approximate surface area is 251 Å². The molecular formula is C32H36Cl2N4O3. The maximum atomic E-state index is 14.6. The van der Waals surface area contributed by atoms with Crippen molar-refractivity contribution >= 4 is 34.8 Å². The van der Waals surface area contributed by atoms with Crippen molar-refractivity contribution in [3.05, 3.63) is 64.3 Å². The Morgan fingerprint density at radius 1 is 1.00 bits per heavy atom. The van der Waals surface area contributed by atoms with E-state index in [4.69, 9.17) is 32.7 Å². The Morgan fingerprint density at radius 2 is 1.63 bits per heavy atom. The van der Waals surface area contributed by atoms with Gasteiger partial charge in [-0.15, -0.1) is 0 Å². The van der Waals surface area contributed by atoms with E-state index in [1.54, 1.807) is 6.20 Å². The standard InChI is InChI=1S/C32H36Cl2N4O3/c33-27-2-1-3-28(34)29(27)24-4-6-25(7-5-24)38(32-17-21-14-22(18-32)16-23(15-21)19-32)31(39)26-20-35-36-30(26)41-13-10-37-8-11-40-12-9-37/h1-7,20-23H,8-19H2,(H,35,36). The Bertz CT molecular complexity index is 1350. The second-order valence-corrected chi connectivity index (χ2v) is 13.2. The van der Waals surface area contributed by atoms with Gasteiger partial charge in [-0.05, 0) is 86.1 Å². The molecule has 9 heteroatoms. The van der Waals surface area contributed by atoms with E-state index in [-0.39, 0.29) is 11.4 Å². The first-order valence-electron chi connectivity index (χ1n) is 14.8. The number of aromatic amines is 1. The lowest BCUT2D eigenvalue weighted by Crippen LogP contribution is -2.62. The summed E-state index contributed by atoms with van der Waals surface area (Å²) in [5, 5.41) is 8.41. The number of ether oxygens (including phenoxy) is 2. The van der Waals surface area contributed by atoms with Crippen molar-refractivity contribution in [2.75, 3.05) is 44.4 Å². The number of hydrogen-bond acceptors (Lipinski definition) is 5. The van der Waals surface area contributed by atoms with Crippen LogP contribution in [0.2, 0.25) is 10.0 Å². The van der Waals surface area contributed by atoms with Gasteiger partial charge >= 0.3 is 0 Å². The Morgan fingerprint density at radius 3 is 2.27 bits per heavy atom. The molecule has 2 heterocycles. The number of carbonyl (C=O) groups is 1. The fourth-order valence-corrected chi connectivity index (χ4v) is 8.87. The van der Waals surface area contributed by atoms with E-state index < -0.39 is 0 Å². The molecule has 1 saturated heterocycles. The van der Waals surface area contributed by atoms with Crippen LogP contribution in [0.15, 0.2) is 48.7 Å². The second kappa shape index (κ2) is 11.3. The van der Waals surface area contributed by atoms with Crippen LogP contribution in [0.3, 0.4) is 0 Å². The fourth-order valence-electron chi connectivity index (χ4n) is 8.25. The molecule has 1 N–H and O–H groups in total. The van der Waals surface area contributed by atoms with E-state index in [1.165, 1.54) is 19.3 Å². The smallest absolute Gasteiger partial charge is 0.265 e. The van der Waals surface area contributed by atoms with Crippen LogP contribution in [0, 0.1) is 17.8 Å². The highest BCUT2D eigenvalue weighted by molar-refractivity contribution is 6.39. The summed E-state index contributed by atoms with van der Waals surface area (Å²) in [6, 6.07) is 13.7. The third-order valence-corrected chi connectivity index (χ3v) is 10.3. The van der Waals surface area contributed by atoms with Crippen LogP contribution in [0.5, 0.6) is 5.88 Å². The molecule has 2 aromatic carbocycles. The van der Waals surface area contributed by atoms with Crippen molar-refractivity contribution in [2.45, 2.75) is 44.1 Å². The predicted octanol–water partition coefficient (Wildman–Crippen LogP) is 6.71. The minimum atomic E-state index is -0.197. The van der Waals surface area contributed by atoms with Gasteiger partial charge in [0, 0.05) is 46.5 Å². The van der Waals surface area contributed by atoms with Crippen LogP contribution in [-0.4, -0.2) is 66.0 Å². The maximum absolute atomic E-state index is 14.6. The SMILES string of the molecule is O=C(c1cn[nH]c1OCCN1CCOCC1)N(c1ccc(-c2c(Cl)cccc2Cl)cc1)C12CC3CC(CC(C3)C1)C2. The molecule has 0 atom stereocenters. The number of nitrogens with one attached hydrogen (secondary N) is 1. The number of halogens is 2. The van der Waals surface area contributed by atoms with Crippen LogP contribution < -0.4 is 9.64 Å². The number of anilines is 1. The lowest BCUT2D eigenvalue weighted by molar-refractivity contribution is -0.00317. The third kappa shape index (κ3) is 5.27. The summed E-state index contributed by atoms with van der Waals surface area (Å²) in [6.45, 7) is 4.54. The van der Waals surface area contributed by atoms with Crippen molar-refractivity contribution in [3.63, 3.8) is 0 Å². The van der Waals surface area contributed by atoms with Gasteiger partial charge in [0.25, 0.3) is 5.91 Å². The van der Waals surface area contributed by atoms with Crippen molar-refractivity contribution in [1.29, 1.82) is 0 Å². The summed E-state index contributed by atoms with van der Waals surface area (Å²) in [6.07, 6.45) is 8.67. The van der Waals surface area contributed by atoms with Gasteiger partial charge in [-0.3, -0.25) is 9.69 Å². The van der Waals surface area contributed by atoms with Crippen LogP contribution in [-0.2, 0) is 4.74 Å². The van der Waals surface area contributed by atoms with Gasteiger partial charge in [0.15, 0.2) is 0 Å². The first-order valence-corrected chi connectivity index (χ1v) is 15.6. The number of amides is 1. The molecule has 4 aliphatic carbocycles. The molecule has 0 spiro atoms. The molecule has 3 aromatic rings. The lowest BCUT2D eigenvalue weighted by Gasteiger charge is -2.60. The van der Waals surface area contributed by atoms with E-state index in [0.717, 1.165) is 68.9 Å². The highest BCUT2D eigenvalue weighted by atomic mass is 35.5. The maximum Gasteiger partial charge on any atom is 0.265 e. The quantitative estimate of drug-likeness (QED) is 0.314. The van der Waals surface area contributed by atoms with Gasteiger partial charge in [-0.2, -0.15) is 5.10 Å². The summed E-state index contributed by atoms with van der Waals surface area (Å²) < 4.78 is 11.6. The molecular weight excluding hydrogens is 559 g/mol. The van der Waals surface area contributed by atoms with Crippen LogP contribution in [0.25, 0.3) is 11.1 Å². The van der Waals surface area contributed by atoms with E-state index in [0.29, 0.717) is 45.8 Å². The number of carbonyl (C=O) groups excluding carboxylic acids is 1. The monoisotopic (exact) mass is 594 g/mol. The van der Waals surface area contributed by atoms with Crippen molar-refractivity contribution in [3.8, 4) is 17.0 Å². The van der Waals surface area contributed by atoms with Crippen LogP contribution >= 0.6 is 23.2 Å². The number of benzene rings is 2. The topological polar surface area (TPSA) is 70.7 Å². The minimum Gasteiger partial charge on any atom is -0.476 e. The van der Waals surface area contributed by atoms with Crippen molar-refractivity contribution in [1.82, 2.24) is 15.1 Å². The van der Waals surface area contributed by atoms with Crippen molar-refractivity contribution < 1.29 is 14.3 Å². The highest BCUT2D eigenvalue weighted by Gasteiger charge is 2.55. The summed E-state index contributed by atoms with van der Waals surface area (Å²) in [5.74, 6) is 2.45. The normalized spacial score (nSPS) is 27.2. The zero-order valence-corrected chi connectivity index (χ0v) is 24.7. The molecule has 4 saturated carbocycles. The Kier molecular flexibility index (Phi) is 7.48. The minimum absolute atomic E-state index is 0.0504. The Hall–Kier alpha value is -2.58. The third-order valence-electron chi connectivity index (χ3n) is 9.65. The molecule has 1 aliphatic heterocycles. The highest BCUT2D eigenvalue weighted by Crippen LogP contribution is 2.58. The molecule has 0 radical (unpaired) electrons. The first-order chi connectivity index (χ1) is 20.0. The van der Waals surface area contributed by atoms with Gasteiger partial charge in [-0.1, -0.05) is 41.4 Å². The Balaban J connectivity index is 1.20. The summed E-state index contributed by atoms with van der Waals surface area (Å²) >= 11 is 13.0. The van der Waals surface area contributed by atoms with Gasteiger partial charge in [0.1, 0.15) is 12.2 Å². The number of aromatic nitrogens is 2. The average molecular weight is 596 g/mol. The number of rotatable bonds is 8. The molecule has 5 aliphatic rings. The lowest BCUT2D eigenvalue weighted by atomic mass is 9.52. The molecule has 1 aromatic heterocycles. The van der Waals surface area contributed by atoms with E-state index in [2.05, 4.69) is 20.0 Å². The molecule has 1 amide bonds. The molecule has 216 valence electrons. The molecule has 0 unspecified atom stereocenters. The van der Waals surface area contributed by atoms with Gasteiger partial charge < -0.3 is 14.4 Å². The molecule has 7 nitrogen and oxygen atoms in total. The average Bonchev–Trinajstić information content (AvgIpc) is 3.42. The van der Waals surface area contributed by atoms with E-state index in [9.17, 15) is 4.79 Å². The summed E-state index contributed by atoms with van der Waals surface area (Å²) in [7, 11) is 0. The largest absolute Gasteiger partial charge is 0.476 e. The van der Waals surface area contributed by atoms with Gasteiger partial charge in [0.2, 0.25) is 5.88 Å². The zero-order chi connectivity index (χ0) is 28.0. The van der Waals surface area contributed by atoms with E-state index in [1.807, 2.05) is 42.5 Å². The van der Waals surface area contributed by atoms with Crippen LogP contribution in [0.4, 0.5) is 5.69 Å². The number of morpholine rings is 1.